The lowest BCUT2D eigenvalue weighted by atomic mass is 10.2. The van der Waals surface area contributed by atoms with Gasteiger partial charge in [0.15, 0.2) is 0 Å². The van der Waals surface area contributed by atoms with Gasteiger partial charge in [-0.1, -0.05) is 11.6 Å². The Morgan fingerprint density at radius 1 is 1.38 bits per heavy atom. The molecule has 0 heterocycles. The number of nitrogens with one attached hydrogen (secondary N) is 2. The fourth-order valence-electron chi connectivity index (χ4n) is 1.72. The van der Waals surface area contributed by atoms with Crippen LogP contribution in [-0.2, 0) is 14.8 Å². The van der Waals surface area contributed by atoms with Crippen LogP contribution in [0, 0.1) is 6.92 Å². The van der Waals surface area contributed by atoms with Crippen LogP contribution >= 0.6 is 11.6 Å². The Labute approximate surface area is 130 Å². The summed E-state index contributed by atoms with van der Waals surface area (Å²) in [4.78, 5) is 11.5. The Morgan fingerprint density at radius 3 is 2.57 bits per heavy atom. The third kappa shape index (κ3) is 5.18. The lowest BCUT2D eigenvalue weighted by Gasteiger charge is -2.12. The van der Waals surface area contributed by atoms with Gasteiger partial charge in [-0.15, -0.1) is 0 Å². The minimum Gasteiger partial charge on any atom is -0.398 e. The Hall–Kier alpha value is -1.31. The van der Waals surface area contributed by atoms with Gasteiger partial charge in [0, 0.05) is 29.7 Å². The lowest BCUT2D eigenvalue weighted by Crippen LogP contribution is -2.34. The van der Waals surface area contributed by atoms with Gasteiger partial charge in [0.25, 0.3) is 0 Å². The molecule has 8 heteroatoms. The number of rotatable bonds is 6. The van der Waals surface area contributed by atoms with Crippen molar-refractivity contribution in [2.45, 2.75) is 38.1 Å². The van der Waals surface area contributed by atoms with Gasteiger partial charge in [-0.25, -0.2) is 13.1 Å². The first-order valence-electron chi connectivity index (χ1n) is 6.48. The second-order valence-electron chi connectivity index (χ2n) is 4.99. The van der Waals surface area contributed by atoms with E-state index in [-0.39, 0.29) is 34.8 Å². The molecule has 0 saturated carbocycles. The third-order valence-corrected chi connectivity index (χ3v) is 4.55. The summed E-state index contributed by atoms with van der Waals surface area (Å²) in [7, 11) is -3.75. The van der Waals surface area contributed by atoms with Crippen LogP contribution < -0.4 is 15.8 Å². The highest BCUT2D eigenvalue weighted by Crippen LogP contribution is 2.25. The molecular formula is C13H20ClN3O3S. The maximum Gasteiger partial charge on any atom is 0.240 e. The molecule has 0 aliphatic carbocycles. The van der Waals surface area contributed by atoms with Gasteiger partial charge in [-0.05, 0) is 38.5 Å². The van der Waals surface area contributed by atoms with Crippen LogP contribution in [0.25, 0.3) is 0 Å². The number of nitrogens with two attached hydrogens (primary N) is 1. The molecule has 118 valence electrons. The normalized spacial score (nSPS) is 11.7. The van der Waals surface area contributed by atoms with Crippen LogP contribution in [0.1, 0.15) is 25.8 Å². The first-order chi connectivity index (χ1) is 9.63. The van der Waals surface area contributed by atoms with Crippen LogP contribution in [0.2, 0.25) is 5.02 Å². The van der Waals surface area contributed by atoms with Crippen LogP contribution in [0.4, 0.5) is 5.69 Å². The summed E-state index contributed by atoms with van der Waals surface area (Å²) >= 11 is 5.83. The second-order valence-corrected chi connectivity index (χ2v) is 7.16. The van der Waals surface area contributed by atoms with E-state index in [2.05, 4.69) is 10.0 Å². The summed E-state index contributed by atoms with van der Waals surface area (Å²) < 4.78 is 26.8. The summed E-state index contributed by atoms with van der Waals surface area (Å²) in [5.74, 6) is -0.213. The van der Waals surface area contributed by atoms with Crippen LogP contribution in [0.3, 0.4) is 0 Å². The van der Waals surface area contributed by atoms with Gasteiger partial charge in [-0.2, -0.15) is 0 Å². The topological polar surface area (TPSA) is 101 Å². The number of amides is 1. The minimum atomic E-state index is -3.75. The molecule has 0 aromatic heterocycles. The highest BCUT2D eigenvalue weighted by atomic mass is 35.5. The number of sulfonamides is 1. The zero-order valence-corrected chi connectivity index (χ0v) is 13.8. The summed E-state index contributed by atoms with van der Waals surface area (Å²) in [6.45, 7) is 5.28. The molecule has 0 aliphatic rings. The van der Waals surface area contributed by atoms with Crippen molar-refractivity contribution in [3.05, 3.63) is 22.7 Å². The Bertz CT molecular complexity index is 630. The molecule has 21 heavy (non-hydrogen) atoms. The van der Waals surface area contributed by atoms with Gasteiger partial charge in [0.1, 0.15) is 0 Å². The predicted octanol–water partition coefficient (Wildman–Crippen LogP) is 1.42. The standard InChI is InChI=1S/C13H20ClN3O3S/c1-8(2)17-13(18)4-5-16-21(19,20)12-7-10(14)6-11(15)9(12)3/h6-8,16H,4-5,15H2,1-3H3,(H,17,18). The largest absolute Gasteiger partial charge is 0.398 e. The fourth-order valence-corrected chi connectivity index (χ4v) is 3.34. The average Bonchev–Trinajstić information content (AvgIpc) is 2.32. The molecule has 0 aliphatic heterocycles. The first-order valence-corrected chi connectivity index (χ1v) is 8.34. The Balaban J connectivity index is 2.77. The number of hydrogen-bond donors (Lipinski definition) is 3. The number of halogens is 1. The lowest BCUT2D eigenvalue weighted by molar-refractivity contribution is -0.121. The van der Waals surface area contributed by atoms with Crippen molar-refractivity contribution in [2.24, 2.45) is 0 Å². The molecule has 0 fully saturated rings. The highest BCUT2D eigenvalue weighted by molar-refractivity contribution is 7.89. The van der Waals surface area contributed by atoms with Crippen LogP contribution in [0.15, 0.2) is 17.0 Å². The summed E-state index contributed by atoms with van der Waals surface area (Å²) in [6.07, 6.45) is 0.0620. The van der Waals surface area contributed by atoms with E-state index in [1.54, 1.807) is 6.92 Å². The minimum absolute atomic E-state index is 0.00669. The van der Waals surface area contributed by atoms with Crippen molar-refractivity contribution in [1.82, 2.24) is 10.0 Å². The molecule has 1 aromatic rings. The van der Waals surface area contributed by atoms with E-state index in [9.17, 15) is 13.2 Å². The average molecular weight is 334 g/mol. The summed E-state index contributed by atoms with van der Waals surface area (Å²) in [6, 6.07) is 2.85. The summed E-state index contributed by atoms with van der Waals surface area (Å²) in [5.41, 5.74) is 6.44. The molecule has 0 bridgehead atoms. The van der Waals surface area contributed by atoms with E-state index >= 15 is 0 Å². The zero-order valence-electron chi connectivity index (χ0n) is 12.2. The number of hydrogen-bond acceptors (Lipinski definition) is 4. The van der Waals surface area contributed by atoms with Crippen molar-refractivity contribution >= 4 is 33.2 Å². The molecule has 0 atom stereocenters. The van der Waals surface area contributed by atoms with Crippen molar-refractivity contribution in [1.29, 1.82) is 0 Å². The first kappa shape index (κ1) is 17.7. The number of nitrogen functional groups attached to an aromatic ring is 1. The number of carbonyl (C=O) groups excluding carboxylic acids is 1. The molecule has 1 rings (SSSR count). The zero-order chi connectivity index (χ0) is 16.2. The molecule has 0 radical (unpaired) electrons. The van der Waals surface area contributed by atoms with E-state index in [1.165, 1.54) is 12.1 Å². The van der Waals surface area contributed by atoms with E-state index in [0.717, 1.165) is 0 Å². The molecule has 0 spiro atoms. The van der Waals surface area contributed by atoms with Crippen molar-refractivity contribution in [2.75, 3.05) is 12.3 Å². The van der Waals surface area contributed by atoms with Crippen molar-refractivity contribution in [3.63, 3.8) is 0 Å². The molecule has 4 N–H and O–H groups in total. The number of anilines is 1. The molecule has 6 nitrogen and oxygen atoms in total. The predicted molar refractivity (Wildman–Crippen MR) is 83.7 cm³/mol. The van der Waals surface area contributed by atoms with E-state index < -0.39 is 10.0 Å². The monoisotopic (exact) mass is 333 g/mol. The maximum atomic E-state index is 12.2. The molecule has 0 saturated heterocycles. The number of carbonyl (C=O) groups is 1. The Kier molecular flexibility index (Phi) is 6.00. The quantitative estimate of drug-likeness (QED) is 0.685. The van der Waals surface area contributed by atoms with Crippen LogP contribution in [0.5, 0.6) is 0 Å². The van der Waals surface area contributed by atoms with Gasteiger partial charge < -0.3 is 11.1 Å². The van der Waals surface area contributed by atoms with E-state index in [1.807, 2.05) is 13.8 Å². The van der Waals surface area contributed by atoms with E-state index in [4.69, 9.17) is 17.3 Å². The van der Waals surface area contributed by atoms with Crippen molar-refractivity contribution in [3.8, 4) is 0 Å². The highest BCUT2D eigenvalue weighted by Gasteiger charge is 2.19. The molecule has 1 aromatic carbocycles. The fraction of sp³-hybridized carbons (Fsp3) is 0.462. The van der Waals surface area contributed by atoms with Gasteiger partial charge in [0.05, 0.1) is 4.90 Å². The van der Waals surface area contributed by atoms with E-state index in [0.29, 0.717) is 11.3 Å². The Morgan fingerprint density at radius 2 is 2.00 bits per heavy atom. The van der Waals surface area contributed by atoms with Gasteiger partial charge >= 0.3 is 0 Å². The van der Waals surface area contributed by atoms with Crippen LogP contribution in [-0.4, -0.2) is 26.9 Å². The molecule has 0 unspecified atom stereocenters. The van der Waals surface area contributed by atoms with Crippen molar-refractivity contribution < 1.29 is 13.2 Å². The number of benzene rings is 1. The third-order valence-electron chi connectivity index (χ3n) is 2.75. The summed E-state index contributed by atoms with van der Waals surface area (Å²) in [5, 5.41) is 2.93. The van der Waals surface area contributed by atoms with Gasteiger partial charge in [-0.3, -0.25) is 4.79 Å². The maximum absolute atomic E-state index is 12.2. The van der Waals surface area contributed by atoms with Gasteiger partial charge in [0.2, 0.25) is 15.9 Å². The molecule has 1 amide bonds. The SMILES string of the molecule is Cc1c(N)cc(Cl)cc1S(=O)(=O)NCCC(=O)NC(C)C. The molecular weight excluding hydrogens is 314 g/mol. The smallest absolute Gasteiger partial charge is 0.240 e. The second kappa shape index (κ2) is 7.11.